The van der Waals surface area contributed by atoms with Gasteiger partial charge in [0, 0.05) is 45.2 Å². The maximum atomic E-state index is 13.7. The molecule has 9 heteroatoms. The van der Waals surface area contributed by atoms with E-state index in [4.69, 9.17) is 17.0 Å². The summed E-state index contributed by atoms with van der Waals surface area (Å²) in [6, 6.07) is 15.8. The van der Waals surface area contributed by atoms with Gasteiger partial charge in [-0.2, -0.15) is 0 Å². The van der Waals surface area contributed by atoms with Crippen molar-refractivity contribution >= 4 is 56.9 Å². The lowest BCUT2D eigenvalue weighted by Gasteiger charge is -2.37. The Morgan fingerprint density at radius 3 is 2.42 bits per heavy atom. The lowest BCUT2D eigenvalue weighted by Crippen LogP contribution is -2.47. The molecule has 198 valence electrons. The molecule has 2 aromatic carbocycles. The number of rotatable bonds is 7. The van der Waals surface area contributed by atoms with Gasteiger partial charge in [-0.15, -0.1) is 0 Å². The molecule has 2 fully saturated rings. The highest BCUT2D eigenvalue weighted by Crippen LogP contribution is 2.36. The summed E-state index contributed by atoms with van der Waals surface area (Å²) in [5.74, 6) is 0.650. The molecular formula is C29H32N4O3S2. The molecule has 5 rings (SSSR count). The van der Waals surface area contributed by atoms with Crippen molar-refractivity contribution in [1.29, 1.82) is 0 Å². The number of aromatic nitrogens is 1. The summed E-state index contributed by atoms with van der Waals surface area (Å²) in [6.07, 6.45) is 2.44. The van der Waals surface area contributed by atoms with Gasteiger partial charge in [0.1, 0.15) is 10.1 Å². The number of hydrogen-bond acceptors (Lipinski definition) is 7. The molecule has 7 nitrogen and oxygen atoms in total. The van der Waals surface area contributed by atoms with E-state index in [0.717, 1.165) is 60.6 Å². The number of thioether (sulfide) groups is 1. The second kappa shape index (κ2) is 11.3. The highest BCUT2D eigenvalue weighted by atomic mass is 32.2. The third-order valence-corrected chi connectivity index (χ3v) is 8.76. The fraction of sp³-hybridized carbons (Fsp3) is 0.345. The second-order valence-corrected chi connectivity index (χ2v) is 11.2. The standard InChI is InChI=1S/C29H32N4O3S2/c1-4-31-15-17-32(18-16-31)26-22-7-5-6-8-24(22)30(2)27(34)23(26)19-25-28(35)33(29(37)38-25)14-13-20-9-11-21(36-3)12-10-20/h5-12,19H,4,13-18H2,1-3H3. The summed E-state index contributed by atoms with van der Waals surface area (Å²) in [7, 11) is 3.43. The molecule has 1 aromatic heterocycles. The van der Waals surface area contributed by atoms with Gasteiger partial charge in [-0.25, -0.2) is 0 Å². The normalized spacial score (nSPS) is 17.7. The van der Waals surface area contributed by atoms with Crippen LogP contribution in [0.1, 0.15) is 18.1 Å². The molecule has 0 N–H and O–H groups in total. The maximum absolute atomic E-state index is 13.7. The molecule has 0 radical (unpaired) electrons. The number of anilines is 1. The van der Waals surface area contributed by atoms with Gasteiger partial charge >= 0.3 is 0 Å². The number of likely N-dealkylation sites (N-methyl/N-ethyl adjacent to an activating group) is 1. The van der Waals surface area contributed by atoms with Crippen molar-refractivity contribution in [1.82, 2.24) is 14.4 Å². The van der Waals surface area contributed by atoms with Crippen molar-refractivity contribution < 1.29 is 9.53 Å². The number of ether oxygens (including phenoxy) is 1. The van der Waals surface area contributed by atoms with E-state index in [9.17, 15) is 9.59 Å². The number of para-hydroxylation sites is 1. The summed E-state index contributed by atoms with van der Waals surface area (Å²) in [6.45, 7) is 7.20. The molecule has 0 atom stereocenters. The summed E-state index contributed by atoms with van der Waals surface area (Å²) in [4.78, 5) is 34.0. The average molecular weight is 549 g/mol. The molecule has 0 saturated carbocycles. The number of carbonyl (C=O) groups excluding carboxylic acids is 1. The van der Waals surface area contributed by atoms with E-state index >= 15 is 0 Å². The zero-order chi connectivity index (χ0) is 26.8. The summed E-state index contributed by atoms with van der Waals surface area (Å²) < 4.78 is 7.43. The van der Waals surface area contributed by atoms with Crippen LogP contribution in [0.4, 0.5) is 5.69 Å². The maximum Gasteiger partial charge on any atom is 0.266 e. The van der Waals surface area contributed by atoms with Crippen LogP contribution in [0.3, 0.4) is 0 Å². The van der Waals surface area contributed by atoms with Crippen LogP contribution in [-0.2, 0) is 18.3 Å². The molecule has 0 unspecified atom stereocenters. The Hall–Kier alpha value is -3.14. The Labute approximate surface area is 232 Å². The van der Waals surface area contributed by atoms with Gasteiger partial charge in [0.05, 0.1) is 28.8 Å². The van der Waals surface area contributed by atoms with Gasteiger partial charge < -0.3 is 19.1 Å². The Morgan fingerprint density at radius 2 is 1.74 bits per heavy atom. The topological polar surface area (TPSA) is 58.0 Å². The number of pyridine rings is 1. The zero-order valence-corrected chi connectivity index (χ0v) is 23.6. The first-order valence-electron chi connectivity index (χ1n) is 12.9. The third kappa shape index (κ3) is 5.10. The Kier molecular flexibility index (Phi) is 7.88. The minimum absolute atomic E-state index is 0.111. The number of aryl methyl sites for hydroxylation is 1. The molecule has 2 aliphatic heterocycles. The van der Waals surface area contributed by atoms with Gasteiger partial charge in [-0.1, -0.05) is 61.2 Å². The van der Waals surface area contributed by atoms with Crippen molar-refractivity contribution in [3.63, 3.8) is 0 Å². The fourth-order valence-corrected chi connectivity index (χ4v) is 6.41. The molecule has 3 heterocycles. The van der Waals surface area contributed by atoms with Crippen LogP contribution in [-0.4, -0.2) is 71.0 Å². The number of amides is 1. The number of hydrogen-bond donors (Lipinski definition) is 0. The minimum atomic E-state index is -0.148. The smallest absolute Gasteiger partial charge is 0.266 e. The summed E-state index contributed by atoms with van der Waals surface area (Å²) in [5, 5.41) is 1.01. The third-order valence-electron chi connectivity index (χ3n) is 7.38. The number of fused-ring (bicyclic) bond motifs is 1. The first-order valence-corrected chi connectivity index (χ1v) is 14.1. The van der Waals surface area contributed by atoms with Crippen LogP contribution in [0.25, 0.3) is 17.0 Å². The molecule has 0 spiro atoms. The Bertz CT molecular complexity index is 1460. The van der Waals surface area contributed by atoms with E-state index in [1.807, 2.05) is 42.5 Å². The molecular weight excluding hydrogens is 516 g/mol. The molecule has 2 aliphatic rings. The molecule has 0 aliphatic carbocycles. The van der Waals surface area contributed by atoms with Crippen LogP contribution in [0.5, 0.6) is 5.75 Å². The number of nitrogens with zero attached hydrogens (tertiary/aromatic N) is 4. The molecule has 0 bridgehead atoms. The number of piperazine rings is 1. The van der Waals surface area contributed by atoms with Crippen LogP contribution in [0.2, 0.25) is 0 Å². The minimum Gasteiger partial charge on any atom is -0.497 e. The fourth-order valence-electron chi connectivity index (χ4n) is 5.12. The zero-order valence-electron chi connectivity index (χ0n) is 22.0. The Morgan fingerprint density at radius 1 is 1.03 bits per heavy atom. The predicted molar refractivity (Wildman–Crippen MR) is 160 cm³/mol. The molecule has 38 heavy (non-hydrogen) atoms. The van der Waals surface area contributed by atoms with E-state index in [2.05, 4.69) is 22.8 Å². The molecule has 2 saturated heterocycles. The molecule has 3 aromatic rings. The average Bonchev–Trinajstić information content (AvgIpc) is 3.22. The van der Waals surface area contributed by atoms with Crippen LogP contribution in [0.15, 0.2) is 58.2 Å². The van der Waals surface area contributed by atoms with E-state index in [-0.39, 0.29) is 11.5 Å². The monoisotopic (exact) mass is 548 g/mol. The second-order valence-electron chi connectivity index (χ2n) is 9.50. The van der Waals surface area contributed by atoms with Gasteiger partial charge in [0.15, 0.2) is 0 Å². The van der Waals surface area contributed by atoms with Crippen LogP contribution >= 0.6 is 24.0 Å². The van der Waals surface area contributed by atoms with Gasteiger partial charge in [-0.3, -0.25) is 14.5 Å². The highest BCUT2D eigenvalue weighted by Gasteiger charge is 2.33. The SMILES string of the molecule is CCN1CCN(c2c(C=C3SC(=S)N(CCc4ccc(OC)cc4)C3=O)c(=O)n(C)c3ccccc23)CC1. The van der Waals surface area contributed by atoms with E-state index in [0.29, 0.717) is 27.8 Å². The summed E-state index contributed by atoms with van der Waals surface area (Å²) in [5.41, 5.74) is 3.32. The van der Waals surface area contributed by atoms with Crippen molar-refractivity contribution in [2.45, 2.75) is 13.3 Å². The van der Waals surface area contributed by atoms with Crippen molar-refractivity contribution in [2.75, 3.05) is 51.3 Å². The first-order chi connectivity index (χ1) is 18.4. The van der Waals surface area contributed by atoms with E-state index in [1.54, 1.807) is 29.7 Å². The number of carbonyl (C=O) groups is 1. The van der Waals surface area contributed by atoms with Gasteiger partial charge in [0.25, 0.3) is 11.5 Å². The van der Waals surface area contributed by atoms with Crippen molar-refractivity contribution in [2.24, 2.45) is 7.05 Å². The largest absolute Gasteiger partial charge is 0.497 e. The lowest BCUT2D eigenvalue weighted by atomic mass is 10.1. The van der Waals surface area contributed by atoms with Gasteiger partial charge in [0.2, 0.25) is 0 Å². The highest BCUT2D eigenvalue weighted by molar-refractivity contribution is 8.26. The first kappa shape index (κ1) is 26.5. The number of thiocarbonyl (C=S) groups is 1. The van der Waals surface area contributed by atoms with Crippen LogP contribution < -0.4 is 15.2 Å². The van der Waals surface area contributed by atoms with Crippen LogP contribution in [0, 0.1) is 0 Å². The van der Waals surface area contributed by atoms with Crippen molar-refractivity contribution in [3.8, 4) is 5.75 Å². The van der Waals surface area contributed by atoms with E-state index in [1.165, 1.54) is 11.8 Å². The Balaban J connectivity index is 1.48. The predicted octanol–water partition coefficient (Wildman–Crippen LogP) is 4.13. The lowest BCUT2D eigenvalue weighted by molar-refractivity contribution is -0.122. The van der Waals surface area contributed by atoms with Gasteiger partial charge in [-0.05, 0) is 42.8 Å². The molecule has 1 amide bonds. The quantitative estimate of drug-likeness (QED) is 0.325. The number of methoxy groups -OCH3 is 1. The van der Waals surface area contributed by atoms with Crippen molar-refractivity contribution in [3.05, 3.63) is 74.9 Å². The summed E-state index contributed by atoms with van der Waals surface area (Å²) >= 11 is 6.86. The van der Waals surface area contributed by atoms with E-state index < -0.39 is 0 Å². The number of benzene rings is 2.